The minimum atomic E-state index is -4.31. The van der Waals surface area contributed by atoms with E-state index in [9.17, 15) is 13.2 Å². The molecule has 1 saturated heterocycles. The van der Waals surface area contributed by atoms with E-state index in [0.717, 1.165) is 19.2 Å². The average Bonchev–Trinajstić information content (AvgIpc) is 2.29. The van der Waals surface area contributed by atoms with Gasteiger partial charge in [-0.2, -0.15) is 13.2 Å². The van der Waals surface area contributed by atoms with E-state index in [-0.39, 0.29) is 24.8 Å². The van der Waals surface area contributed by atoms with E-state index in [1.54, 1.807) is 6.07 Å². The van der Waals surface area contributed by atoms with Gasteiger partial charge in [-0.15, -0.1) is 24.8 Å². The van der Waals surface area contributed by atoms with Crippen LogP contribution in [-0.4, -0.2) is 13.1 Å². The highest BCUT2D eigenvalue weighted by molar-refractivity contribution is 5.85. The summed E-state index contributed by atoms with van der Waals surface area (Å²) in [7, 11) is 0. The van der Waals surface area contributed by atoms with Gasteiger partial charge >= 0.3 is 6.18 Å². The van der Waals surface area contributed by atoms with Gasteiger partial charge in [0.15, 0.2) is 0 Å². The van der Waals surface area contributed by atoms with Gasteiger partial charge in [-0.05, 0) is 43.6 Å². The van der Waals surface area contributed by atoms with Crippen LogP contribution in [0.25, 0.3) is 0 Å². The van der Waals surface area contributed by atoms with E-state index < -0.39 is 17.3 Å². The second-order valence-electron chi connectivity index (χ2n) is 4.48. The van der Waals surface area contributed by atoms with Crippen molar-refractivity contribution < 1.29 is 13.2 Å². The Morgan fingerprint density at radius 2 is 1.68 bits per heavy atom. The van der Waals surface area contributed by atoms with Crippen LogP contribution in [-0.2, 0) is 11.7 Å². The van der Waals surface area contributed by atoms with Gasteiger partial charge in [0, 0.05) is 5.54 Å². The third-order valence-corrected chi connectivity index (χ3v) is 3.26. The Balaban J connectivity index is 0.00000162. The number of piperidine rings is 1. The fraction of sp³-hybridized carbons (Fsp3) is 0.500. The maximum Gasteiger partial charge on any atom is 0.416 e. The van der Waals surface area contributed by atoms with Gasteiger partial charge in [0.2, 0.25) is 0 Å². The number of hydrogen-bond acceptors (Lipinski definition) is 2. The monoisotopic (exact) mass is 316 g/mol. The van der Waals surface area contributed by atoms with Crippen LogP contribution >= 0.6 is 24.8 Å². The molecule has 2 nitrogen and oxygen atoms in total. The molecule has 1 aromatic carbocycles. The summed E-state index contributed by atoms with van der Waals surface area (Å²) in [6, 6.07) is 5.36. The summed E-state index contributed by atoms with van der Waals surface area (Å²) in [5.74, 6) is 0. The fourth-order valence-electron chi connectivity index (χ4n) is 2.17. The lowest BCUT2D eigenvalue weighted by molar-refractivity contribution is -0.137. The molecule has 0 bridgehead atoms. The van der Waals surface area contributed by atoms with Crippen molar-refractivity contribution in [2.24, 2.45) is 5.73 Å². The Bertz CT molecular complexity index is 404. The van der Waals surface area contributed by atoms with Gasteiger partial charge in [-0.3, -0.25) is 0 Å². The third-order valence-electron chi connectivity index (χ3n) is 3.26. The second kappa shape index (κ2) is 6.79. The summed E-state index contributed by atoms with van der Waals surface area (Å²) in [6.45, 7) is 1.49. The first-order valence-corrected chi connectivity index (χ1v) is 5.59. The molecule has 1 aliphatic rings. The van der Waals surface area contributed by atoms with Crippen LogP contribution in [0.1, 0.15) is 24.0 Å². The molecule has 0 atom stereocenters. The lowest BCUT2D eigenvalue weighted by Gasteiger charge is -2.34. The predicted octanol–water partition coefficient (Wildman–Crippen LogP) is 3.09. The molecule has 19 heavy (non-hydrogen) atoms. The largest absolute Gasteiger partial charge is 0.416 e. The fourth-order valence-corrected chi connectivity index (χ4v) is 2.17. The van der Waals surface area contributed by atoms with Crippen molar-refractivity contribution in [2.75, 3.05) is 13.1 Å². The molecule has 0 aliphatic carbocycles. The van der Waals surface area contributed by atoms with E-state index in [1.165, 1.54) is 12.1 Å². The van der Waals surface area contributed by atoms with Crippen LogP contribution in [0.15, 0.2) is 24.3 Å². The number of hydrogen-bond donors (Lipinski definition) is 2. The highest BCUT2D eigenvalue weighted by Crippen LogP contribution is 2.34. The summed E-state index contributed by atoms with van der Waals surface area (Å²) >= 11 is 0. The number of nitrogens with one attached hydrogen (secondary N) is 1. The maximum absolute atomic E-state index is 12.6. The van der Waals surface area contributed by atoms with E-state index in [1.807, 2.05) is 0 Å². The Morgan fingerprint density at radius 1 is 1.11 bits per heavy atom. The van der Waals surface area contributed by atoms with Gasteiger partial charge in [0.25, 0.3) is 0 Å². The Morgan fingerprint density at radius 3 is 2.21 bits per heavy atom. The Labute approximate surface area is 122 Å². The van der Waals surface area contributed by atoms with Crippen LogP contribution in [0.4, 0.5) is 13.2 Å². The molecule has 1 aliphatic heterocycles. The zero-order valence-electron chi connectivity index (χ0n) is 10.2. The minimum Gasteiger partial charge on any atom is -0.321 e. The zero-order valence-corrected chi connectivity index (χ0v) is 11.8. The molecular formula is C12H17Cl2F3N2. The van der Waals surface area contributed by atoms with Crippen molar-refractivity contribution in [1.29, 1.82) is 0 Å². The SMILES string of the molecule is Cl.Cl.NC1(c2cccc(C(F)(F)F)c2)CCNCC1. The van der Waals surface area contributed by atoms with Gasteiger partial charge in [0.1, 0.15) is 0 Å². The first-order valence-electron chi connectivity index (χ1n) is 5.59. The summed E-state index contributed by atoms with van der Waals surface area (Å²) in [5.41, 5.74) is 5.50. The van der Waals surface area contributed by atoms with Crippen molar-refractivity contribution in [1.82, 2.24) is 5.32 Å². The third kappa shape index (κ3) is 4.24. The highest BCUT2D eigenvalue weighted by Gasteiger charge is 2.34. The summed E-state index contributed by atoms with van der Waals surface area (Å²) in [5, 5.41) is 3.15. The molecule has 7 heteroatoms. The smallest absolute Gasteiger partial charge is 0.321 e. The molecular weight excluding hydrogens is 300 g/mol. The standard InChI is InChI=1S/C12H15F3N2.2ClH/c13-12(14,15)10-3-1-2-9(8-10)11(16)4-6-17-7-5-11;;/h1-3,8,17H,4-7,16H2;2*1H. The Hall–Kier alpha value is -0.490. The van der Waals surface area contributed by atoms with Gasteiger partial charge < -0.3 is 11.1 Å². The van der Waals surface area contributed by atoms with Crippen LogP contribution < -0.4 is 11.1 Å². The van der Waals surface area contributed by atoms with Crippen molar-refractivity contribution in [3.63, 3.8) is 0 Å². The first-order chi connectivity index (χ1) is 7.92. The van der Waals surface area contributed by atoms with Crippen LogP contribution in [0, 0.1) is 0 Å². The molecule has 110 valence electrons. The zero-order chi connectivity index (χ0) is 12.5. The quantitative estimate of drug-likeness (QED) is 0.835. The van der Waals surface area contributed by atoms with E-state index in [2.05, 4.69) is 5.32 Å². The van der Waals surface area contributed by atoms with Crippen LogP contribution in [0.3, 0.4) is 0 Å². The van der Waals surface area contributed by atoms with Gasteiger partial charge in [-0.25, -0.2) is 0 Å². The molecule has 0 spiro atoms. The predicted molar refractivity (Wildman–Crippen MR) is 73.9 cm³/mol. The topological polar surface area (TPSA) is 38.0 Å². The molecule has 2 rings (SSSR count). The Kier molecular flexibility index (Phi) is 6.62. The first kappa shape index (κ1) is 18.5. The molecule has 0 saturated carbocycles. The molecule has 0 amide bonds. The number of alkyl halides is 3. The number of nitrogens with two attached hydrogens (primary N) is 1. The van der Waals surface area contributed by atoms with Crippen LogP contribution in [0.2, 0.25) is 0 Å². The summed E-state index contributed by atoms with van der Waals surface area (Å²) in [6.07, 6.45) is -2.98. The highest BCUT2D eigenvalue weighted by atomic mass is 35.5. The van der Waals surface area contributed by atoms with Crippen molar-refractivity contribution in [3.05, 3.63) is 35.4 Å². The molecule has 1 aromatic rings. The lowest BCUT2D eigenvalue weighted by Crippen LogP contribution is -2.46. The minimum absolute atomic E-state index is 0. The maximum atomic E-state index is 12.6. The normalized spacial score (nSPS) is 18.1. The lowest BCUT2D eigenvalue weighted by atomic mass is 9.82. The van der Waals surface area contributed by atoms with Crippen molar-refractivity contribution >= 4 is 24.8 Å². The van der Waals surface area contributed by atoms with E-state index in [0.29, 0.717) is 18.4 Å². The molecule has 0 aromatic heterocycles. The number of benzene rings is 1. The molecule has 3 N–H and O–H groups in total. The van der Waals surface area contributed by atoms with Gasteiger partial charge in [-0.1, -0.05) is 12.1 Å². The second-order valence-corrected chi connectivity index (χ2v) is 4.48. The van der Waals surface area contributed by atoms with E-state index >= 15 is 0 Å². The average molecular weight is 317 g/mol. The van der Waals surface area contributed by atoms with Crippen LogP contribution in [0.5, 0.6) is 0 Å². The van der Waals surface area contributed by atoms with Gasteiger partial charge in [0.05, 0.1) is 5.56 Å². The molecule has 0 radical (unpaired) electrons. The van der Waals surface area contributed by atoms with E-state index in [4.69, 9.17) is 5.73 Å². The van der Waals surface area contributed by atoms with Crippen molar-refractivity contribution in [2.45, 2.75) is 24.6 Å². The summed E-state index contributed by atoms with van der Waals surface area (Å²) in [4.78, 5) is 0. The molecule has 0 unspecified atom stereocenters. The molecule has 1 fully saturated rings. The number of halogens is 5. The number of rotatable bonds is 1. The molecule has 1 heterocycles. The van der Waals surface area contributed by atoms with Crippen molar-refractivity contribution in [3.8, 4) is 0 Å². The summed E-state index contributed by atoms with van der Waals surface area (Å²) < 4.78 is 37.8.